The quantitative estimate of drug-likeness (QED) is 0.904. The van der Waals surface area contributed by atoms with Crippen molar-refractivity contribution < 1.29 is 9.26 Å². The molecule has 0 radical (unpaired) electrons. The Bertz CT molecular complexity index is 509. The van der Waals surface area contributed by atoms with Crippen molar-refractivity contribution in [2.24, 2.45) is 5.73 Å². The van der Waals surface area contributed by atoms with E-state index >= 15 is 0 Å². The average Bonchev–Trinajstić information content (AvgIpc) is 2.76. The van der Waals surface area contributed by atoms with E-state index in [1.54, 1.807) is 6.20 Å². The van der Waals surface area contributed by atoms with Gasteiger partial charge in [-0.25, -0.2) is 0 Å². The predicted octanol–water partition coefficient (Wildman–Crippen LogP) is 2.98. The van der Waals surface area contributed by atoms with Gasteiger partial charge in [-0.2, -0.15) is 0 Å². The minimum absolute atomic E-state index is 0.198. The van der Waals surface area contributed by atoms with Crippen LogP contribution in [0, 0.1) is 0 Å². The van der Waals surface area contributed by atoms with Crippen molar-refractivity contribution in [2.45, 2.75) is 32.9 Å². The van der Waals surface area contributed by atoms with Crippen molar-refractivity contribution >= 4 is 0 Å². The Hall–Kier alpha value is -1.81. The number of nitrogens with zero attached hydrogens (tertiary/aromatic N) is 1. The molecule has 0 unspecified atom stereocenters. The molecule has 1 aromatic carbocycles. The van der Waals surface area contributed by atoms with Crippen molar-refractivity contribution in [3.05, 3.63) is 36.0 Å². The summed E-state index contributed by atoms with van der Waals surface area (Å²) in [6.45, 7) is 6.47. The van der Waals surface area contributed by atoms with Crippen LogP contribution in [0.25, 0.3) is 11.3 Å². The molecule has 0 bridgehead atoms. The smallest absolute Gasteiger partial charge is 0.171 e. The Balaban J connectivity index is 2.23. The van der Waals surface area contributed by atoms with Gasteiger partial charge < -0.3 is 15.0 Å². The first-order chi connectivity index (χ1) is 8.49. The number of rotatable bonds is 3. The number of nitrogens with two attached hydrogens (primary N) is 1. The molecular formula is C14H18N2O2. The lowest BCUT2D eigenvalue weighted by Crippen LogP contribution is -2.22. The number of hydrogen-bond acceptors (Lipinski definition) is 4. The average molecular weight is 246 g/mol. The molecule has 0 spiro atoms. The van der Waals surface area contributed by atoms with Crippen LogP contribution in [0.1, 0.15) is 26.3 Å². The van der Waals surface area contributed by atoms with Gasteiger partial charge in [-0.1, -0.05) is 5.16 Å². The first-order valence-corrected chi connectivity index (χ1v) is 5.92. The molecule has 2 aromatic rings. The second-order valence-electron chi connectivity index (χ2n) is 5.12. The fraction of sp³-hybridized carbons (Fsp3) is 0.357. The van der Waals surface area contributed by atoms with Gasteiger partial charge in [0.15, 0.2) is 5.76 Å². The van der Waals surface area contributed by atoms with Crippen LogP contribution in [0.2, 0.25) is 0 Å². The normalized spacial score (nSPS) is 11.6. The summed E-state index contributed by atoms with van der Waals surface area (Å²) in [7, 11) is 0. The maximum Gasteiger partial charge on any atom is 0.171 e. The number of aromatic nitrogens is 1. The van der Waals surface area contributed by atoms with E-state index in [1.165, 1.54) is 0 Å². The molecule has 1 heterocycles. The summed E-state index contributed by atoms with van der Waals surface area (Å²) in [5.74, 6) is 1.56. The summed E-state index contributed by atoms with van der Waals surface area (Å²) in [6, 6.07) is 7.73. The number of hydrogen-bond donors (Lipinski definition) is 1. The Kier molecular flexibility index (Phi) is 3.39. The number of ether oxygens (including phenoxy) is 1. The zero-order chi connectivity index (χ0) is 13.2. The van der Waals surface area contributed by atoms with Crippen molar-refractivity contribution in [1.82, 2.24) is 5.16 Å². The van der Waals surface area contributed by atoms with E-state index in [1.807, 2.05) is 45.0 Å². The molecule has 0 fully saturated rings. The fourth-order valence-electron chi connectivity index (χ4n) is 1.67. The summed E-state index contributed by atoms with van der Waals surface area (Å²) >= 11 is 0. The first kappa shape index (κ1) is 12.6. The van der Waals surface area contributed by atoms with Gasteiger partial charge in [0, 0.05) is 17.7 Å². The molecule has 4 nitrogen and oxygen atoms in total. The summed E-state index contributed by atoms with van der Waals surface area (Å²) in [5.41, 5.74) is 7.28. The lowest BCUT2D eigenvalue weighted by Gasteiger charge is -2.21. The van der Waals surface area contributed by atoms with Crippen LogP contribution in [0.4, 0.5) is 0 Å². The molecule has 2 N–H and O–H groups in total. The van der Waals surface area contributed by atoms with Crippen molar-refractivity contribution in [2.75, 3.05) is 0 Å². The van der Waals surface area contributed by atoms with Gasteiger partial charge in [0.1, 0.15) is 11.4 Å². The van der Waals surface area contributed by atoms with E-state index in [2.05, 4.69) is 5.16 Å². The highest BCUT2D eigenvalue weighted by molar-refractivity contribution is 5.61. The zero-order valence-corrected chi connectivity index (χ0v) is 10.9. The summed E-state index contributed by atoms with van der Waals surface area (Å²) in [5, 5.41) is 3.76. The summed E-state index contributed by atoms with van der Waals surface area (Å²) in [6.07, 6.45) is 1.65. The fourth-order valence-corrected chi connectivity index (χ4v) is 1.67. The van der Waals surface area contributed by atoms with Gasteiger partial charge in [0.2, 0.25) is 0 Å². The molecule has 0 aliphatic carbocycles. The molecule has 1 aromatic heterocycles. The zero-order valence-electron chi connectivity index (χ0n) is 10.9. The van der Waals surface area contributed by atoms with Gasteiger partial charge in [0.25, 0.3) is 0 Å². The molecule has 18 heavy (non-hydrogen) atoms. The lowest BCUT2D eigenvalue weighted by atomic mass is 10.1. The molecule has 2 rings (SSSR count). The maximum absolute atomic E-state index is 5.76. The van der Waals surface area contributed by atoms with Crippen LogP contribution in [0.3, 0.4) is 0 Å². The van der Waals surface area contributed by atoms with E-state index in [0.29, 0.717) is 6.54 Å². The highest BCUT2D eigenvalue weighted by Gasteiger charge is 2.13. The molecule has 0 amide bonds. The van der Waals surface area contributed by atoms with Crippen LogP contribution in [-0.2, 0) is 6.54 Å². The molecule has 4 heteroatoms. The minimum Gasteiger partial charge on any atom is -0.488 e. The van der Waals surface area contributed by atoms with Crippen LogP contribution < -0.4 is 10.5 Å². The lowest BCUT2D eigenvalue weighted by molar-refractivity contribution is 0.131. The molecule has 0 aliphatic heterocycles. The van der Waals surface area contributed by atoms with Crippen molar-refractivity contribution in [3.8, 4) is 17.1 Å². The SMILES string of the molecule is CC(C)(C)Oc1ccc(-c2oncc2CN)cc1. The van der Waals surface area contributed by atoms with Crippen LogP contribution >= 0.6 is 0 Å². The highest BCUT2D eigenvalue weighted by atomic mass is 16.5. The van der Waals surface area contributed by atoms with Crippen molar-refractivity contribution in [1.29, 1.82) is 0 Å². The second kappa shape index (κ2) is 4.82. The predicted molar refractivity (Wildman–Crippen MR) is 70.2 cm³/mol. The standard InChI is InChI=1S/C14H18N2O2/c1-14(2,3)17-12-6-4-10(5-7-12)13-11(8-15)9-16-18-13/h4-7,9H,8,15H2,1-3H3. The molecular weight excluding hydrogens is 228 g/mol. The topological polar surface area (TPSA) is 61.3 Å². The third-order valence-corrected chi connectivity index (χ3v) is 2.40. The van der Waals surface area contributed by atoms with Crippen molar-refractivity contribution in [3.63, 3.8) is 0 Å². The molecule has 0 saturated carbocycles. The molecule has 0 aliphatic rings. The Morgan fingerprint density at radius 1 is 1.22 bits per heavy atom. The monoisotopic (exact) mass is 246 g/mol. The van der Waals surface area contributed by atoms with E-state index in [9.17, 15) is 0 Å². The molecule has 96 valence electrons. The van der Waals surface area contributed by atoms with E-state index in [0.717, 1.165) is 22.6 Å². The van der Waals surface area contributed by atoms with Gasteiger partial charge in [0.05, 0.1) is 6.20 Å². The van der Waals surface area contributed by atoms with Crippen LogP contribution in [0.15, 0.2) is 35.0 Å². The van der Waals surface area contributed by atoms with Gasteiger partial charge in [-0.15, -0.1) is 0 Å². The first-order valence-electron chi connectivity index (χ1n) is 5.92. The number of benzene rings is 1. The molecule has 0 atom stereocenters. The van der Waals surface area contributed by atoms with E-state index in [-0.39, 0.29) is 5.60 Å². The third-order valence-electron chi connectivity index (χ3n) is 2.40. The van der Waals surface area contributed by atoms with Crippen LogP contribution in [-0.4, -0.2) is 10.8 Å². The summed E-state index contributed by atoms with van der Waals surface area (Å²) in [4.78, 5) is 0. The Morgan fingerprint density at radius 2 is 1.89 bits per heavy atom. The largest absolute Gasteiger partial charge is 0.488 e. The van der Waals surface area contributed by atoms with Gasteiger partial charge >= 0.3 is 0 Å². The maximum atomic E-state index is 5.76. The van der Waals surface area contributed by atoms with Gasteiger partial charge in [-0.05, 0) is 45.0 Å². The third kappa shape index (κ3) is 2.90. The van der Waals surface area contributed by atoms with Crippen LogP contribution in [0.5, 0.6) is 5.75 Å². The second-order valence-corrected chi connectivity index (χ2v) is 5.12. The Morgan fingerprint density at radius 3 is 2.44 bits per heavy atom. The molecule has 0 saturated heterocycles. The van der Waals surface area contributed by atoms with E-state index < -0.39 is 0 Å². The highest BCUT2D eigenvalue weighted by Crippen LogP contribution is 2.26. The van der Waals surface area contributed by atoms with Gasteiger partial charge in [-0.3, -0.25) is 0 Å². The summed E-state index contributed by atoms with van der Waals surface area (Å²) < 4.78 is 11.0. The minimum atomic E-state index is -0.198. The Labute approximate surface area is 107 Å². The van der Waals surface area contributed by atoms with E-state index in [4.69, 9.17) is 15.0 Å².